The number of hydrogen-bond acceptors (Lipinski definition) is 3. The number of pyridine rings is 1. The van der Waals surface area contributed by atoms with Crippen molar-refractivity contribution in [3.63, 3.8) is 0 Å². The highest BCUT2D eigenvalue weighted by Gasteiger charge is 2.25. The number of ketones is 1. The van der Waals surface area contributed by atoms with Crippen molar-refractivity contribution in [1.29, 1.82) is 0 Å². The predicted molar refractivity (Wildman–Crippen MR) is 113 cm³/mol. The average Bonchev–Trinajstić information content (AvgIpc) is 2.69. The van der Waals surface area contributed by atoms with Gasteiger partial charge in [-0.2, -0.15) is 0 Å². The first-order chi connectivity index (χ1) is 13.5. The Kier molecular flexibility index (Phi) is 5.25. The zero-order valence-electron chi connectivity index (χ0n) is 15.0. The van der Waals surface area contributed by atoms with Crippen LogP contribution in [0.1, 0.15) is 33.5 Å². The summed E-state index contributed by atoms with van der Waals surface area (Å²) in [5.41, 5.74) is 2.47. The minimum Gasteiger partial charge on any atom is -0.371 e. The molecule has 0 spiro atoms. The van der Waals surface area contributed by atoms with Crippen LogP contribution in [-0.2, 0) is 13.0 Å². The maximum Gasteiger partial charge on any atom is 0.252 e. The number of nitrogens with zero attached hydrogens (tertiary/aromatic N) is 1. The minimum atomic E-state index is -0.217. The lowest BCUT2D eigenvalue weighted by Crippen LogP contribution is -2.32. The standard InChI is InChI=1S/C22H18Cl2N2O2/c23-16-7-8-17(18(24)13-16)21(28)20-15(11-14-5-2-1-3-6-14)12-19(27)26-10-4-9-25-22(20)26/h1-3,5-8,12-13,25H,4,9-11H2. The Morgan fingerprint density at radius 2 is 1.86 bits per heavy atom. The van der Waals surface area contributed by atoms with Crippen molar-refractivity contribution in [1.82, 2.24) is 4.57 Å². The van der Waals surface area contributed by atoms with Crippen LogP contribution in [0, 0.1) is 0 Å². The van der Waals surface area contributed by atoms with Crippen LogP contribution in [0.2, 0.25) is 10.0 Å². The van der Waals surface area contributed by atoms with Crippen molar-refractivity contribution in [2.24, 2.45) is 0 Å². The molecule has 4 rings (SSSR count). The molecule has 28 heavy (non-hydrogen) atoms. The van der Waals surface area contributed by atoms with E-state index in [1.54, 1.807) is 28.8 Å². The van der Waals surface area contributed by atoms with E-state index >= 15 is 0 Å². The van der Waals surface area contributed by atoms with Crippen molar-refractivity contribution >= 4 is 34.8 Å². The van der Waals surface area contributed by atoms with Crippen LogP contribution in [0.15, 0.2) is 59.4 Å². The minimum absolute atomic E-state index is 0.105. The largest absolute Gasteiger partial charge is 0.371 e. The van der Waals surface area contributed by atoms with Gasteiger partial charge in [0.25, 0.3) is 5.56 Å². The maximum absolute atomic E-state index is 13.5. The number of carbonyl (C=O) groups is 1. The summed E-state index contributed by atoms with van der Waals surface area (Å²) in [6, 6.07) is 16.2. The first-order valence-corrected chi connectivity index (χ1v) is 9.84. The third-order valence-electron chi connectivity index (χ3n) is 4.88. The highest BCUT2D eigenvalue weighted by Crippen LogP contribution is 2.30. The summed E-state index contributed by atoms with van der Waals surface area (Å²) in [6.45, 7) is 1.30. The molecule has 1 aromatic heterocycles. The molecule has 1 aliphatic rings. The number of benzene rings is 2. The number of halogens is 2. The molecule has 1 aliphatic heterocycles. The summed E-state index contributed by atoms with van der Waals surface area (Å²) in [4.78, 5) is 26.2. The molecule has 0 aliphatic carbocycles. The summed E-state index contributed by atoms with van der Waals surface area (Å²) in [7, 11) is 0. The molecule has 0 radical (unpaired) electrons. The summed E-state index contributed by atoms with van der Waals surface area (Å²) < 4.78 is 1.63. The SMILES string of the molecule is O=C(c1ccc(Cl)cc1Cl)c1c(Cc2ccccc2)cc(=O)n2c1NCCC2. The van der Waals surface area contributed by atoms with Crippen LogP contribution in [-0.4, -0.2) is 16.9 Å². The molecule has 0 unspecified atom stereocenters. The lowest BCUT2D eigenvalue weighted by atomic mass is 9.94. The zero-order chi connectivity index (χ0) is 19.7. The van der Waals surface area contributed by atoms with Gasteiger partial charge >= 0.3 is 0 Å². The van der Waals surface area contributed by atoms with Gasteiger partial charge < -0.3 is 5.32 Å². The number of carbonyl (C=O) groups excluding carboxylic acids is 1. The highest BCUT2D eigenvalue weighted by atomic mass is 35.5. The molecule has 2 aromatic carbocycles. The van der Waals surface area contributed by atoms with E-state index in [4.69, 9.17) is 23.2 Å². The van der Waals surface area contributed by atoms with E-state index in [1.165, 1.54) is 0 Å². The van der Waals surface area contributed by atoms with Gasteiger partial charge in [-0.05, 0) is 42.2 Å². The Balaban J connectivity index is 1.90. The van der Waals surface area contributed by atoms with Gasteiger partial charge in [0.05, 0.1) is 10.6 Å². The van der Waals surface area contributed by atoms with Gasteiger partial charge in [-0.1, -0.05) is 53.5 Å². The number of anilines is 1. The van der Waals surface area contributed by atoms with Gasteiger partial charge in [0.1, 0.15) is 5.82 Å². The molecule has 142 valence electrons. The normalized spacial score (nSPS) is 12.9. The van der Waals surface area contributed by atoms with Gasteiger partial charge in [-0.25, -0.2) is 0 Å². The van der Waals surface area contributed by atoms with E-state index in [0.717, 1.165) is 12.0 Å². The van der Waals surface area contributed by atoms with Crippen molar-refractivity contribution in [2.75, 3.05) is 11.9 Å². The predicted octanol–water partition coefficient (Wildman–Crippen LogP) is 4.79. The third kappa shape index (κ3) is 3.58. The first kappa shape index (κ1) is 18.8. The molecule has 0 fully saturated rings. The number of nitrogens with one attached hydrogen (secondary N) is 1. The summed E-state index contributed by atoms with van der Waals surface area (Å²) >= 11 is 12.3. The molecule has 3 aromatic rings. The van der Waals surface area contributed by atoms with Crippen molar-refractivity contribution in [3.05, 3.63) is 97.3 Å². The van der Waals surface area contributed by atoms with Crippen molar-refractivity contribution < 1.29 is 4.79 Å². The molecule has 0 atom stereocenters. The van der Waals surface area contributed by atoms with Crippen LogP contribution >= 0.6 is 23.2 Å². The summed E-state index contributed by atoms with van der Waals surface area (Å²) in [6.07, 6.45) is 1.32. The van der Waals surface area contributed by atoms with E-state index in [2.05, 4.69) is 5.32 Å². The lowest BCUT2D eigenvalue weighted by molar-refractivity contribution is 0.103. The molecule has 0 bridgehead atoms. The second kappa shape index (κ2) is 7.82. The van der Waals surface area contributed by atoms with Gasteiger partial charge in [0.15, 0.2) is 5.78 Å². The Labute approximate surface area is 172 Å². The number of rotatable bonds is 4. The van der Waals surface area contributed by atoms with Crippen LogP contribution in [0.5, 0.6) is 0 Å². The zero-order valence-corrected chi connectivity index (χ0v) is 16.6. The Hall–Kier alpha value is -2.56. The number of aromatic nitrogens is 1. The maximum atomic E-state index is 13.5. The first-order valence-electron chi connectivity index (χ1n) is 9.09. The molecular formula is C22H18Cl2N2O2. The van der Waals surface area contributed by atoms with Gasteiger partial charge in [0.2, 0.25) is 0 Å². The Bertz CT molecular complexity index is 1110. The van der Waals surface area contributed by atoms with Crippen molar-refractivity contribution in [2.45, 2.75) is 19.4 Å². The molecule has 1 N–H and O–H groups in total. The monoisotopic (exact) mass is 412 g/mol. The van der Waals surface area contributed by atoms with E-state index < -0.39 is 0 Å². The van der Waals surface area contributed by atoms with Crippen molar-refractivity contribution in [3.8, 4) is 0 Å². The topological polar surface area (TPSA) is 51.1 Å². The quantitative estimate of drug-likeness (QED) is 0.626. The van der Waals surface area contributed by atoms with Crippen LogP contribution in [0.3, 0.4) is 0 Å². The third-order valence-corrected chi connectivity index (χ3v) is 5.43. The fraction of sp³-hybridized carbons (Fsp3) is 0.182. The molecule has 0 amide bonds. The Morgan fingerprint density at radius 3 is 2.61 bits per heavy atom. The fourth-order valence-electron chi connectivity index (χ4n) is 3.56. The van der Waals surface area contributed by atoms with E-state index in [0.29, 0.717) is 52.1 Å². The second-order valence-electron chi connectivity index (χ2n) is 6.78. The molecule has 0 saturated heterocycles. The molecule has 4 nitrogen and oxygen atoms in total. The van der Waals surface area contributed by atoms with E-state index in [1.807, 2.05) is 30.3 Å². The van der Waals surface area contributed by atoms with Crippen LogP contribution in [0.4, 0.5) is 5.82 Å². The Morgan fingerprint density at radius 1 is 1.07 bits per heavy atom. The average molecular weight is 413 g/mol. The number of hydrogen-bond donors (Lipinski definition) is 1. The van der Waals surface area contributed by atoms with E-state index in [-0.39, 0.29) is 11.3 Å². The molecule has 6 heteroatoms. The van der Waals surface area contributed by atoms with Gasteiger partial charge in [-0.15, -0.1) is 0 Å². The summed E-state index contributed by atoms with van der Waals surface area (Å²) in [5.74, 6) is 0.353. The van der Waals surface area contributed by atoms with Gasteiger partial charge in [-0.3, -0.25) is 14.2 Å². The number of fused-ring (bicyclic) bond motifs is 1. The summed E-state index contributed by atoms with van der Waals surface area (Å²) in [5, 5.41) is 4.02. The highest BCUT2D eigenvalue weighted by molar-refractivity contribution is 6.37. The molecular weight excluding hydrogens is 395 g/mol. The van der Waals surface area contributed by atoms with Crippen LogP contribution in [0.25, 0.3) is 0 Å². The fourth-order valence-corrected chi connectivity index (χ4v) is 4.06. The van der Waals surface area contributed by atoms with Crippen LogP contribution < -0.4 is 10.9 Å². The van der Waals surface area contributed by atoms with Gasteiger partial charge in [0, 0.05) is 29.7 Å². The smallest absolute Gasteiger partial charge is 0.252 e. The second-order valence-corrected chi connectivity index (χ2v) is 7.62. The van der Waals surface area contributed by atoms with E-state index in [9.17, 15) is 9.59 Å². The molecule has 0 saturated carbocycles. The molecule has 2 heterocycles. The lowest BCUT2D eigenvalue weighted by Gasteiger charge is -2.24.